The van der Waals surface area contributed by atoms with Crippen molar-refractivity contribution in [2.45, 2.75) is 31.6 Å². The monoisotopic (exact) mass is 492 g/mol. The summed E-state index contributed by atoms with van der Waals surface area (Å²) >= 11 is 0. The van der Waals surface area contributed by atoms with Crippen molar-refractivity contribution in [2.75, 3.05) is 39.8 Å². The first-order valence-corrected chi connectivity index (χ1v) is 12.6. The maximum atomic E-state index is 13.3. The van der Waals surface area contributed by atoms with Crippen LogP contribution in [-0.4, -0.2) is 82.7 Å². The number of hydrogen-bond acceptors (Lipinski definition) is 7. The molecule has 0 amide bonds. The van der Waals surface area contributed by atoms with Crippen molar-refractivity contribution in [3.05, 3.63) is 34.2 Å². The molecule has 1 fully saturated rings. The van der Waals surface area contributed by atoms with Crippen LogP contribution in [0.3, 0.4) is 0 Å². The third-order valence-corrected chi connectivity index (χ3v) is 7.75. The van der Waals surface area contributed by atoms with E-state index in [-0.39, 0.29) is 21.8 Å². The van der Waals surface area contributed by atoms with Crippen LogP contribution in [-0.2, 0) is 23.5 Å². The summed E-state index contributed by atoms with van der Waals surface area (Å²) in [6.07, 6.45) is 1.54. The lowest BCUT2D eigenvalue weighted by Crippen LogP contribution is -2.47. The van der Waals surface area contributed by atoms with Crippen molar-refractivity contribution < 1.29 is 18.6 Å². The molecular formula is C22H32N6O5S. The molecule has 34 heavy (non-hydrogen) atoms. The number of likely N-dealkylation sites (N-methyl/N-ethyl adjacent to an activating group) is 1. The van der Waals surface area contributed by atoms with E-state index >= 15 is 0 Å². The van der Waals surface area contributed by atoms with Gasteiger partial charge in [-0.25, -0.2) is 13.4 Å². The van der Waals surface area contributed by atoms with Gasteiger partial charge in [-0.2, -0.15) is 9.40 Å². The molecule has 0 aliphatic carbocycles. The molecule has 3 aromatic rings. The van der Waals surface area contributed by atoms with E-state index in [0.29, 0.717) is 61.6 Å². The molecule has 186 valence electrons. The third-order valence-electron chi connectivity index (χ3n) is 5.86. The molecule has 0 atom stereocenters. The molecule has 4 rings (SSSR count). The van der Waals surface area contributed by atoms with Gasteiger partial charge in [0.25, 0.3) is 5.56 Å². The van der Waals surface area contributed by atoms with Gasteiger partial charge in [-0.1, -0.05) is 13.3 Å². The molecule has 0 spiro atoms. The number of benzene rings is 1. The minimum absolute atomic E-state index is 0. The Balaban J connectivity index is 0.00000324. The van der Waals surface area contributed by atoms with Gasteiger partial charge in [-0.05, 0) is 38.6 Å². The van der Waals surface area contributed by atoms with Crippen LogP contribution >= 0.6 is 0 Å². The predicted molar refractivity (Wildman–Crippen MR) is 130 cm³/mol. The van der Waals surface area contributed by atoms with Gasteiger partial charge in [-0.3, -0.25) is 9.48 Å². The summed E-state index contributed by atoms with van der Waals surface area (Å²) in [4.78, 5) is 22.7. The zero-order valence-electron chi connectivity index (χ0n) is 20.0. The smallest absolute Gasteiger partial charge is 0.277 e. The number of hydrogen-bond donors (Lipinski definition) is 1. The highest BCUT2D eigenvalue weighted by molar-refractivity contribution is 7.89. The van der Waals surface area contributed by atoms with E-state index in [0.717, 1.165) is 12.1 Å². The maximum Gasteiger partial charge on any atom is 0.277 e. The highest BCUT2D eigenvalue weighted by Crippen LogP contribution is 2.32. The summed E-state index contributed by atoms with van der Waals surface area (Å²) in [6.45, 7) is 6.48. The SMILES string of the molecule is CCCc1nn(C)c2c(=O)[nH]c(-c3cc(S(=O)(=O)N4CCN(C)CC4)ccc3OCC)nc12.O. The van der Waals surface area contributed by atoms with Crippen molar-refractivity contribution in [2.24, 2.45) is 7.05 Å². The molecule has 2 aromatic heterocycles. The molecule has 1 aliphatic rings. The van der Waals surface area contributed by atoms with Gasteiger partial charge in [0.15, 0.2) is 5.52 Å². The lowest BCUT2D eigenvalue weighted by Gasteiger charge is -2.31. The van der Waals surface area contributed by atoms with Crippen molar-refractivity contribution in [3.63, 3.8) is 0 Å². The fourth-order valence-corrected chi connectivity index (χ4v) is 5.54. The van der Waals surface area contributed by atoms with Gasteiger partial charge >= 0.3 is 0 Å². The summed E-state index contributed by atoms with van der Waals surface area (Å²) in [5, 5.41) is 4.45. The molecular weight excluding hydrogens is 460 g/mol. The Morgan fingerprint density at radius 3 is 2.47 bits per heavy atom. The first-order valence-electron chi connectivity index (χ1n) is 11.2. The molecule has 0 unspecified atom stereocenters. The van der Waals surface area contributed by atoms with E-state index in [2.05, 4.69) is 15.0 Å². The Hall–Kier alpha value is -2.80. The Morgan fingerprint density at radius 1 is 1.12 bits per heavy atom. The highest BCUT2D eigenvalue weighted by Gasteiger charge is 2.29. The molecule has 1 aliphatic heterocycles. The molecule has 11 nitrogen and oxygen atoms in total. The van der Waals surface area contributed by atoms with Crippen LogP contribution < -0.4 is 10.3 Å². The van der Waals surface area contributed by atoms with E-state index < -0.39 is 10.0 Å². The number of sulfonamides is 1. The number of H-pyrrole nitrogens is 1. The zero-order valence-corrected chi connectivity index (χ0v) is 20.8. The molecule has 1 saturated heterocycles. The number of nitrogens with zero attached hydrogens (tertiary/aromatic N) is 5. The van der Waals surface area contributed by atoms with Crippen molar-refractivity contribution >= 4 is 21.1 Å². The van der Waals surface area contributed by atoms with Crippen molar-refractivity contribution in [3.8, 4) is 17.1 Å². The van der Waals surface area contributed by atoms with E-state index in [1.54, 1.807) is 25.2 Å². The van der Waals surface area contributed by atoms with Gasteiger partial charge in [0, 0.05) is 33.2 Å². The number of rotatable bonds is 7. The number of aromatic nitrogens is 4. The summed E-state index contributed by atoms with van der Waals surface area (Å²) in [7, 11) is -0.00831. The second kappa shape index (κ2) is 10.2. The van der Waals surface area contributed by atoms with E-state index in [4.69, 9.17) is 9.72 Å². The zero-order chi connectivity index (χ0) is 23.8. The van der Waals surface area contributed by atoms with E-state index in [9.17, 15) is 13.2 Å². The third kappa shape index (κ3) is 4.71. The molecule has 0 radical (unpaired) electrons. The summed E-state index contributed by atoms with van der Waals surface area (Å²) < 4.78 is 35.4. The quantitative estimate of drug-likeness (QED) is 0.513. The molecule has 3 N–H and O–H groups in total. The molecule has 1 aromatic carbocycles. The Labute approximate surface area is 198 Å². The fraction of sp³-hybridized carbons (Fsp3) is 0.500. The lowest BCUT2D eigenvalue weighted by molar-refractivity contribution is 0.222. The topological polar surface area (TPSA) is 145 Å². The summed E-state index contributed by atoms with van der Waals surface area (Å²) in [5.74, 6) is 0.718. The van der Waals surface area contributed by atoms with Crippen LogP contribution in [0.1, 0.15) is 26.0 Å². The standard InChI is InChI=1S/C22H30N6O4S.H2O/c1-5-7-17-19-20(27(4)25-17)22(29)24-21(23-19)16-14-15(8-9-18(16)32-6-2)33(30,31)28-12-10-26(3)11-13-28;/h8-9,14H,5-7,10-13H2,1-4H3,(H,23,24,29);1H2. The predicted octanol–water partition coefficient (Wildman–Crippen LogP) is 0.786. The second-order valence-corrected chi connectivity index (χ2v) is 10.2. The van der Waals surface area contributed by atoms with Crippen molar-refractivity contribution in [1.82, 2.24) is 29.0 Å². The number of aryl methyl sites for hydroxylation is 2. The van der Waals surface area contributed by atoms with Crippen LogP contribution in [0.2, 0.25) is 0 Å². The first-order chi connectivity index (χ1) is 15.8. The van der Waals surface area contributed by atoms with Gasteiger partial charge in [0.1, 0.15) is 17.1 Å². The molecule has 0 saturated carbocycles. The largest absolute Gasteiger partial charge is 0.493 e. The van der Waals surface area contributed by atoms with E-state index in [1.165, 1.54) is 8.99 Å². The normalized spacial score (nSPS) is 15.4. The number of nitrogens with one attached hydrogen (secondary N) is 1. The van der Waals surface area contributed by atoms with Crippen LogP contribution in [0.15, 0.2) is 27.9 Å². The number of piperazine rings is 1. The Kier molecular flexibility index (Phi) is 7.76. The Morgan fingerprint density at radius 2 is 1.82 bits per heavy atom. The minimum atomic E-state index is -3.70. The molecule has 3 heterocycles. The van der Waals surface area contributed by atoms with Gasteiger partial charge in [0.05, 0.1) is 22.8 Å². The average Bonchev–Trinajstić information content (AvgIpc) is 3.10. The maximum absolute atomic E-state index is 13.3. The summed E-state index contributed by atoms with van der Waals surface area (Å²) in [6, 6.07) is 4.71. The number of aromatic amines is 1. The average molecular weight is 493 g/mol. The van der Waals surface area contributed by atoms with Crippen LogP contribution in [0.5, 0.6) is 5.75 Å². The van der Waals surface area contributed by atoms with Crippen LogP contribution in [0.25, 0.3) is 22.4 Å². The van der Waals surface area contributed by atoms with Gasteiger partial charge < -0.3 is 20.1 Å². The fourth-order valence-electron chi connectivity index (χ4n) is 4.09. The van der Waals surface area contributed by atoms with Gasteiger partial charge in [0.2, 0.25) is 10.0 Å². The van der Waals surface area contributed by atoms with Crippen molar-refractivity contribution in [1.29, 1.82) is 0 Å². The van der Waals surface area contributed by atoms with E-state index in [1.807, 2.05) is 20.9 Å². The van der Waals surface area contributed by atoms with Gasteiger partial charge in [-0.15, -0.1) is 0 Å². The molecule has 0 bridgehead atoms. The number of fused-ring (bicyclic) bond motifs is 1. The Bertz CT molecular complexity index is 1330. The minimum Gasteiger partial charge on any atom is -0.493 e. The lowest BCUT2D eigenvalue weighted by atomic mass is 10.1. The number of ether oxygens (including phenoxy) is 1. The highest BCUT2D eigenvalue weighted by atomic mass is 32.2. The summed E-state index contributed by atoms with van der Waals surface area (Å²) in [5.41, 5.74) is 1.75. The first kappa shape index (κ1) is 25.8. The second-order valence-electron chi connectivity index (χ2n) is 8.23. The van der Waals surface area contributed by atoms with Crippen LogP contribution in [0, 0.1) is 0 Å². The van der Waals surface area contributed by atoms with Crippen LogP contribution in [0.4, 0.5) is 0 Å². The molecule has 12 heteroatoms.